The van der Waals surface area contributed by atoms with Crippen molar-refractivity contribution >= 4 is 51.8 Å². The third-order valence-corrected chi connectivity index (χ3v) is 4.25. The van der Waals surface area contributed by atoms with Crippen molar-refractivity contribution in [2.24, 2.45) is 4.99 Å². The van der Waals surface area contributed by atoms with E-state index in [1.54, 1.807) is 50.3 Å². The van der Waals surface area contributed by atoms with Crippen LogP contribution in [0.25, 0.3) is 0 Å². The Labute approximate surface area is 184 Å². The molecule has 0 atom stereocenters. The molecular formula is C19H23BrFIN4O. The van der Waals surface area contributed by atoms with Crippen molar-refractivity contribution in [2.45, 2.75) is 13.1 Å². The van der Waals surface area contributed by atoms with E-state index in [9.17, 15) is 9.18 Å². The Balaban J connectivity index is 0.00000364. The molecule has 8 heteroatoms. The smallest absolute Gasteiger partial charge is 0.253 e. The van der Waals surface area contributed by atoms with Crippen LogP contribution in [0.15, 0.2) is 51.9 Å². The molecule has 2 aromatic rings. The van der Waals surface area contributed by atoms with Gasteiger partial charge in [0.25, 0.3) is 5.91 Å². The van der Waals surface area contributed by atoms with Gasteiger partial charge in [0.2, 0.25) is 0 Å². The number of nitrogens with one attached hydrogen (secondary N) is 2. The van der Waals surface area contributed by atoms with Crippen LogP contribution < -0.4 is 10.6 Å². The monoisotopic (exact) mass is 548 g/mol. The second-order valence-corrected chi connectivity index (χ2v) is 6.83. The van der Waals surface area contributed by atoms with E-state index in [-0.39, 0.29) is 35.7 Å². The number of benzene rings is 2. The van der Waals surface area contributed by atoms with Crippen molar-refractivity contribution in [3.8, 4) is 0 Å². The SMILES string of the molecule is CN=C(NCc1ccc(C(=O)N(C)C)cc1)NCc1ccc(Br)cc1F.I. The number of hydrogen-bond acceptors (Lipinski definition) is 2. The minimum absolute atomic E-state index is 0. The Morgan fingerprint density at radius 1 is 1.11 bits per heavy atom. The van der Waals surface area contributed by atoms with Gasteiger partial charge in [-0.1, -0.05) is 34.1 Å². The molecule has 146 valence electrons. The van der Waals surface area contributed by atoms with Gasteiger partial charge in [0.1, 0.15) is 5.82 Å². The van der Waals surface area contributed by atoms with E-state index in [4.69, 9.17) is 0 Å². The zero-order chi connectivity index (χ0) is 19.1. The van der Waals surface area contributed by atoms with Gasteiger partial charge in [-0.15, -0.1) is 24.0 Å². The number of halogens is 3. The molecule has 1 amide bonds. The van der Waals surface area contributed by atoms with Crippen molar-refractivity contribution in [1.82, 2.24) is 15.5 Å². The normalized spacial score (nSPS) is 10.8. The molecule has 0 unspecified atom stereocenters. The van der Waals surface area contributed by atoms with Crippen molar-refractivity contribution in [1.29, 1.82) is 0 Å². The summed E-state index contributed by atoms with van der Waals surface area (Å²) in [5.74, 6) is 0.266. The second kappa shape index (κ2) is 11.2. The first-order valence-corrected chi connectivity index (χ1v) is 8.89. The van der Waals surface area contributed by atoms with Crippen molar-refractivity contribution in [3.63, 3.8) is 0 Å². The summed E-state index contributed by atoms with van der Waals surface area (Å²) >= 11 is 3.24. The molecule has 0 bridgehead atoms. The molecule has 0 saturated carbocycles. The molecule has 27 heavy (non-hydrogen) atoms. The first kappa shape index (κ1) is 23.4. The predicted octanol–water partition coefficient (Wildman–Crippen LogP) is 3.77. The van der Waals surface area contributed by atoms with Crippen LogP contribution >= 0.6 is 39.9 Å². The van der Waals surface area contributed by atoms with E-state index in [1.807, 2.05) is 12.1 Å². The number of rotatable bonds is 5. The third kappa shape index (κ3) is 7.10. The van der Waals surface area contributed by atoms with Gasteiger partial charge in [0.15, 0.2) is 5.96 Å². The summed E-state index contributed by atoms with van der Waals surface area (Å²) in [5, 5.41) is 6.25. The second-order valence-electron chi connectivity index (χ2n) is 5.91. The number of nitrogens with zero attached hydrogens (tertiary/aromatic N) is 2. The fraction of sp³-hybridized carbons (Fsp3) is 0.263. The molecule has 0 heterocycles. The standard InChI is InChI=1S/C19H22BrFN4O.HI/c1-22-19(24-12-15-8-9-16(20)10-17(15)21)23-11-13-4-6-14(7-5-13)18(26)25(2)3;/h4-10H,11-12H2,1-3H3,(H2,22,23,24);1H. The fourth-order valence-electron chi connectivity index (χ4n) is 2.27. The van der Waals surface area contributed by atoms with Gasteiger partial charge >= 0.3 is 0 Å². The predicted molar refractivity (Wildman–Crippen MR) is 121 cm³/mol. The summed E-state index contributed by atoms with van der Waals surface area (Å²) < 4.78 is 14.6. The molecule has 0 radical (unpaired) electrons. The molecule has 5 nitrogen and oxygen atoms in total. The lowest BCUT2D eigenvalue weighted by atomic mass is 10.1. The molecular weight excluding hydrogens is 526 g/mol. The van der Waals surface area contributed by atoms with Gasteiger partial charge in [0.05, 0.1) is 0 Å². The highest BCUT2D eigenvalue weighted by molar-refractivity contribution is 14.0. The van der Waals surface area contributed by atoms with E-state index < -0.39 is 0 Å². The van der Waals surface area contributed by atoms with Crippen LogP contribution in [-0.4, -0.2) is 37.9 Å². The summed E-state index contributed by atoms with van der Waals surface area (Å²) in [7, 11) is 5.11. The summed E-state index contributed by atoms with van der Waals surface area (Å²) in [6.07, 6.45) is 0. The highest BCUT2D eigenvalue weighted by Gasteiger charge is 2.08. The Bertz CT molecular complexity index is 797. The Kier molecular flexibility index (Phi) is 9.71. The number of guanidine groups is 1. The van der Waals surface area contributed by atoms with Crippen LogP contribution in [-0.2, 0) is 13.1 Å². The maximum atomic E-state index is 13.9. The maximum absolute atomic E-state index is 13.9. The Hall–Kier alpha value is -1.68. The molecule has 0 aliphatic heterocycles. The van der Waals surface area contributed by atoms with Crippen LogP contribution in [0, 0.1) is 5.82 Å². The summed E-state index contributed by atoms with van der Waals surface area (Å²) in [5.41, 5.74) is 2.22. The first-order valence-electron chi connectivity index (χ1n) is 8.09. The molecule has 2 rings (SSSR count). The maximum Gasteiger partial charge on any atom is 0.253 e. The van der Waals surface area contributed by atoms with Gasteiger partial charge in [-0.2, -0.15) is 0 Å². The number of carbonyl (C=O) groups excluding carboxylic acids is 1. The van der Waals surface area contributed by atoms with E-state index in [1.165, 1.54) is 6.07 Å². The van der Waals surface area contributed by atoms with Crippen LogP contribution in [0.5, 0.6) is 0 Å². The van der Waals surface area contributed by atoms with Gasteiger partial charge in [-0.05, 0) is 29.8 Å². The molecule has 2 N–H and O–H groups in total. The largest absolute Gasteiger partial charge is 0.352 e. The Morgan fingerprint density at radius 2 is 1.74 bits per heavy atom. The fourth-order valence-corrected chi connectivity index (χ4v) is 2.61. The van der Waals surface area contributed by atoms with E-state index >= 15 is 0 Å². The summed E-state index contributed by atoms with van der Waals surface area (Å²) in [6.45, 7) is 0.869. The molecule has 0 aromatic heterocycles. The minimum Gasteiger partial charge on any atom is -0.352 e. The quantitative estimate of drug-likeness (QED) is 0.340. The topological polar surface area (TPSA) is 56.7 Å². The van der Waals surface area contributed by atoms with Gasteiger partial charge < -0.3 is 15.5 Å². The van der Waals surface area contributed by atoms with Crippen molar-refractivity contribution in [3.05, 3.63) is 69.4 Å². The van der Waals surface area contributed by atoms with E-state index in [0.717, 1.165) is 5.56 Å². The number of amides is 1. The van der Waals surface area contributed by atoms with Gasteiger partial charge in [-0.3, -0.25) is 9.79 Å². The van der Waals surface area contributed by atoms with Crippen LogP contribution in [0.3, 0.4) is 0 Å². The average molecular weight is 549 g/mol. The lowest BCUT2D eigenvalue weighted by Gasteiger charge is -2.13. The molecule has 0 aliphatic rings. The van der Waals surface area contributed by atoms with Crippen molar-refractivity contribution < 1.29 is 9.18 Å². The van der Waals surface area contributed by atoms with Crippen LogP contribution in [0.4, 0.5) is 4.39 Å². The minimum atomic E-state index is -0.275. The molecule has 0 fully saturated rings. The zero-order valence-electron chi connectivity index (χ0n) is 15.4. The highest BCUT2D eigenvalue weighted by Crippen LogP contribution is 2.15. The van der Waals surface area contributed by atoms with Crippen LogP contribution in [0.1, 0.15) is 21.5 Å². The van der Waals surface area contributed by atoms with E-state index in [0.29, 0.717) is 34.6 Å². The molecule has 0 saturated heterocycles. The van der Waals surface area contributed by atoms with Gasteiger partial charge in [-0.25, -0.2) is 4.39 Å². The lowest BCUT2D eigenvalue weighted by Crippen LogP contribution is -2.36. The molecule has 0 aliphatic carbocycles. The average Bonchev–Trinajstić information content (AvgIpc) is 2.63. The first-order chi connectivity index (χ1) is 12.4. The molecule has 0 spiro atoms. The number of aliphatic imine (C=N–C) groups is 1. The highest BCUT2D eigenvalue weighted by atomic mass is 127. The van der Waals surface area contributed by atoms with Crippen LogP contribution in [0.2, 0.25) is 0 Å². The molecule has 2 aromatic carbocycles. The summed E-state index contributed by atoms with van der Waals surface area (Å²) in [6, 6.07) is 12.3. The summed E-state index contributed by atoms with van der Waals surface area (Å²) in [4.78, 5) is 17.6. The number of carbonyl (C=O) groups is 1. The Morgan fingerprint density at radius 3 is 2.30 bits per heavy atom. The lowest BCUT2D eigenvalue weighted by molar-refractivity contribution is 0.0827. The van der Waals surface area contributed by atoms with Crippen molar-refractivity contribution in [2.75, 3.05) is 21.1 Å². The number of hydrogen-bond donors (Lipinski definition) is 2. The third-order valence-electron chi connectivity index (χ3n) is 3.75. The zero-order valence-corrected chi connectivity index (χ0v) is 19.3. The van der Waals surface area contributed by atoms with Gasteiger partial charge in [0, 0.05) is 49.8 Å². The van der Waals surface area contributed by atoms with E-state index in [2.05, 4.69) is 31.6 Å².